The van der Waals surface area contributed by atoms with Crippen molar-refractivity contribution in [3.05, 3.63) is 23.5 Å². The molecule has 1 rings (SSSR count). The first-order valence-electron chi connectivity index (χ1n) is 2.95. The van der Waals surface area contributed by atoms with E-state index in [4.69, 9.17) is 10.2 Å². The molecule has 1 aliphatic carbocycles. The van der Waals surface area contributed by atoms with Crippen LogP contribution in [-0.2, 0) is 0 Å². The Bertz CT molecular complexity index is 168. The first kappa shape index (κ1) is 6.36. The Balaban J connectivity index is 2.74. The SMILES string of the molecule is CC1=CCC(O)C(O)=C1. The third-order valence-corrected chi connectivity index (χ3v) is 1.38. The lowest BCUT2D eigenvalue weighted by Gasteiger charge is -2.11. The minimum absolute atomic E-state index is 0.0787. The Morgan fingerprint density at radius 1 is 1.67 bits per heavy atom. The fraction of sp³-hybridized carbons (Fsp3) is 0.429. The van der Waals surface area contributed by atoms with E-state index in [-0.39, 0.29) is 5.76 Å². The maximum absolute atomic E-state index is 8.93. The zero-order valence-electron chi connectivity index (χ0n) is 5.33. The van der Waals surface area contributed by atoms with E-state index in [1.807, 2.05) is 13.0 Å². The van der Waals surface area contributed by atoms with Crippen LogP contribution in [0.5, 0.6) is 0 Å². The van der Waals surface area contributed by atoms with Crippen LogP contribution in [0, 0.1) is 0 Å². The maximum Gasteiger partial charge on any atom is 0.121 e. The van der Waals surface area contributed by atoms with Crippen LogP contribution in [0.2, 0.25) is 0 Å². The van der Waals surface area contributed by atoms with Gasteiger partial charge in [0.2, 0.25) is 0 Å². The first-order chi connectivity index (χ1) is 4.20. The molecule has 0 fully saturated rings. The topological polar surface area (TPSA) is 40.5 Å². The second-order valence-corrected chi connectivity index (χ2v) is 2.27. The maximum atomic E-state index is 8.93. The Hall–Kier alpha value is -0.760. The lowest BCUT2D eigenvalue weighted by molar-refractivity contribution is 0.153. The summed E-state index contributed by atoms with van der Waals surface area (Å²) in [4.78, 5) is 0. The zero-order chi connectivity index (χ0) is 6.85. The number of hydrogen-bond acceptors (Lipinski definition) is 2. The normalized spacial score (nSPS) is 27.1. The smallest absolute Gasteiger partial charge is 0.121 e. The van der Waals surface area contributed by atoms with Crippen molar-refractivity contribution < 1.29 is 10.2 Å². The minimum atomic E-state index is -0.673. The van der Waals surface area contributed by atoms with Crippen LogP contribution in [0.25, 0.3) is 0 Å². The molecule has 0 bridgehead atoms. The lowest BCUT2D eigenvalue weighted by atomic mass is 10.1. The Morgan fingerprint density at radius 3 is 2.78 bits per heavy atom. The highest BCUT2D eigenvalue weighted by Gasteiger charge is 2.10. The van der Waals surface area contributed by atoms with Crippen molar-refractivity contribution in [1.82, 2.24) is 0 Å². The van der Waals surface area contributed by atoms with Crippen molar-refractivity contribution in [3.8, 4) is 0 Å². The average molecular weight is 126 g/mol. The van der Waals surface area contributed by atoms with Gasteiger partial charge in [0.05, 0.1) is 0 Å². The summed E-state index contributed by atoms with van der Waals surface area (Å²) in [6, 6.07) is 0. The van der Waals surface area contributed by atoms with Crippen molar-refractivity contribution in [1.29, 1.82) is 0 Å². The third kappa shape index (κ3) is 1.33. The van der Waals surface area contributed by atoms with Gasteiger partial charge in [0.25, 0.3) is 0 Å². The molecule has 1 aliphatic rings. The van der Waals surface area contributed by atoms with Crippen LogP contribution in [0.3, 0.4) is 0 Å². The van der Waals surface area contributed by atoms with Gasteiger partial charge in [-0.1, -0.05) is 11.6 Å². The van der Waals surface area contributed by atoms with Gasteiger partial charge in [-0.25, -0.2) is 0 Å². The van der Waals surface area contributed by atoms with Crippen molar-refractivity contribution in [2.45, 2.75) is 19.4 Å². The molecular formula is C7H10O2. The Labute approximate surface area is 54.1 Å². The Morgan fingerprint density at radius 2 is 2.33 bits per heavy atom. The molecule has 0 amide bonds. The van der Waals surface area contributed by atoms with E-state index in [0.717, 1.165) is 5.57 Å². The number of allylic oxidation sites excluding steroid dienone is 2. The number of hydrogen-bond donors (Lipinski definition) is 2. The van der Waals surface area contributed by atoms with Crippen molar-refractivity contribution in [3.63, 3.8) is 0 Å². The molecule has 0 heterocycles. The summed E-state index contributed by atoms with van der Waals surface area (Å²) in [6.45, 7) is 1.89. The second kappa shape index (κ2) is 2.23. The lowest BCUT2D eigenvalue weighted by Crippen LogP contribution is -2.11. The summed E-state index contributed by atoms with van der Waals surface area (Å²) >= 11 is 0. The number of rotatable bonds is 0. The van der Waals surface area contributed by atoms with Gasteiger partial charge in [0, 0.05) is 0 Å². The molecule has 0 radical (unpaired) electrons. The molecule has 1 unspecified atom stereocenters. The molecule has 0 saturated carbocycles. The van der Waals surface area contributed by atoms with Crippen LogP contribution < -0.4 is 0 Å². The van der Waals surface area contributed by atoms with Crippen LogP contribution >= 0.6 is 0 Å². The average Bonchev–Trinajstić information content (AvgIpc) is 1.80. The van der Waals surface area contributed by atoms with Crippen molar-refractivity contribution in [2.75, 3.05) is 0 Å². The molecule has 0 spiro atoms. The summed E-state index contributed by atoms with van der Waals surface area (Å²) in [5.74, 6) is 0.0787. The highest BCUT2D eigenvalue weighted by Crippen LogP contribution is 2.14. The summed E-state index contributed by atoms with van der Waals surface area (Å²) in [6.07, 6.45) is 3.33. The van der Waals surface area contributed by atoms with Gasteiger partial charge in [-0.2, -0.15) is 0 Å². The molecule has 2 heteroatoms. The molecule has 1 atom stereocenters. The monoisotopic (exact) mass is 126 g/mol. The van der Waals surface area contributed by atoms with Crippen molar-refractivity contribution in [2.24, 2.45) is 0 Å². The van der Waals surface area contributed by atoms with Crippen LogP contribution in [0.15, 0.2) is 23.5 Å². The molecular weight excluding hydrogens is 116 g/mol. The molecule has 0 aliphatic heterocycles. The Kier molecular flexibility index (Phi) is 1.58. The van der Waals surface area contributed by atoms with E-state index in [1.54, 1.807) is 6.08 Å². The van der Waals surface area contributed by atoms with Gasteiger partial charge in [-0.05, 0) is 19.4 Å². The summed E-state index contributed by atoms with van der Waals surface area (Å²) in [5, 5.41) is 17.9. The van der Waals surface area contributed by atoms with Crippen LogP contribution in [-0.4, -0.2) is 16.3 Å². The first-order valence-corrected chi connectivity index (χ1v) is 2.95. The highest BCUT2D eigenvalue weighted by atomic mass is 16.3. The van der Waals surface area contributed by atoms with Crippen molar-refractivity contribution >= 4 is 0 Å². The van der Waals surface area contributed by atoms with E-state index in [9.17, 15) is 0 Å². The van der Waals surface area contributed by atoms with Gasteiger partial charge in [-0.3, -0.25) is 0 Å². The summed E-state index contributed by atoms with van der Waals surface area (Å²) in [5.41, 5.74) is 1.01. The predicted octanol–water partition coefficient (Wildman–Crippen LogP) is 1.14. The van der Waals surface area contributed by atoms with Gasteiger partial charge < -0.3 is 10.2 Å². The molecule has 2 nitrogen and oxygen atoms in total. The van der Waals surface area contributed by atoms with E-state index < -0.39 is 6.10 Å². The predicted molar refractivity (Wildman–Crippen MR) is 35.1 cm³/mol. The van der Waals surface area contributed by atoms with E-state index >= 15 is 0 Å². The van der Waals surface area contributed by atoms with E-state index in [0.29, 0.717) is 6.42 Å². The zero-order valence-corrected chi connectivity index (χ0v) is 5.33. The third-order valence-electron chi connectivity index (χ3n) is 1.38. The quantitative estimate of drug-likeness (QED) is 0.511. The highest BCUT2D eigenvalue weighted by molar-refractivity contribution is 5.24. The largest absolute Gasteiger partial charge is 0.510 e. The second-order valence-electron chi connectivity index (χ2n) is 2.27. The van der Waals surface area contributed by atoms with Gasteiger partial charge >= 0.3 is 0 Å². The molecule has 0 aromatic heterocycles. The minimum Gasteiger partial charge on any atom is -0.510 e. The molecule has 0 aromatic rings. The van der Waals surface area contributed by atoms with Gasteiger partial charge in [0.1, 0.15) is 11.9 Å². The number of aliphatic hydroxyl groups excluding tert-OH is 2. The molecule has 50 valence electrons. The summed E-state index contributed by atoms with van der Waals surface area (Å²) in [7, 11) is 0. The molecule has 0 saturated heterocycles. The summed E-state index contributed by atoms with van der Waals surface area (Å²) < 4.78 is 0. The molecule has 0 aromatic carbocycles. The van der Waals surface area contributed by atoms with E-state index in [1.165, 1.54) is 0 Å². The van der Waals surface area contributed by atoms with Crippen LogP contribution in [0.4, 0.5) is 0 Å². The van der Waals surface area contributed by atoms with Gasteiger partial charge in [-0.15, -0.1) is 0 Å². The fourth-order valence-corrected chi connectivity index (χ4v) is 0.807. The number of aliphatic hydroxyl groups is 2. The molecule has 9 heavy (non-hydrogen) atoms. The van der Waals surface area contributed by atoms with Crippen LogP contribution in [0.1, 0.15) is 13.3 Å². The standard InChI is InChI=1S/C7H10O2/c1-5-2-3-6(8)7(9)4-5/h2,4,6,8-9H,3H2,1H3. The van der Waals surface area contributed by atoms with E-state index in [2.05, 4.69) is 0 Å². The fourth-order valence-electron chi connectivity index (χ4n) is 0.807. The molecule has 2 N–H and O–H groups in total. The van der Waals surface area contributed by atoms with Gasteiger partial charge in [0.15, 0.2) is 0 Å².